The third kappa shape index (κ3) is 8.26. The van der Waals surface area contributed by atoms with E-state index in [0.717, 1.165) is 24.3 Å². The van der Waals surface area contributed by atoms with Gasteiger partial charge in [0.15, 0.2) is 11.4 Å². The fourth-order valence-corrected chi connectivity index (χ4v) is 4.60. The molecule has 1 unspecified atom stereocenters. The van der Waals surface area contributed by atoms with Crippen LogP contribution in [0.2, 0.25) is 0 Å². The summed E-state index contributed by atoms with van der Waals surface area (Å²) in [4.78, 5) is 44.4. The number of hydrogen-bond donors (Lipinski definition) is 3. The molecule has 0 bridgehead atoms. The predicted molar refractivity (Wildman–Crippen MR) is 134 cm³/mol. The zero-order chi connectivity index (χ0) is 25.2. The Balaban J connectivity index is 1.72. The first kappa shape index (κ1) is 27.0. The van der Waals surface area contributed by atoms with Crippen molar-refractivity contribution in [2.24, 2.45) is 17.8 Å². The lowest BCUT2D eigenvalue weighted by atomic mass is 9.81. The molecule has 2 aliphatic rings. The van der Waals surface area contributed by atoms with Gasteiger partial charge in [0.05, 0.1) is 18.4 Å². The fraction of sp³-hybridized carbons (Fsp3) is 0.600. The smallest absolute Gasteiger partial charge is 0.267 e. The van der Waals surface area contributed by atoms with E-state index in [9.17, 15) is 14.4 Å². The molecular formula is C25H36N4O5S. The van der Waals surface area contributed by atoms with Crippen molar-refractivity contribution < 1.29 is 24.0 Å². The van der Waals surface area contributed by atoms with Crippen LogP contribution >= 0.6 is 12.2 Å². The molecule has 2 aliphatic heterocycles. The summed E-state index contributed by atoms with van der Waals surface area (Å²) in [7, 11) is 0. The number of aryl methyl sites for hydroxylation is 1. The topological polar surface area (TPSA) is 109 Å². The normalized spacial score (nSPS) is 19.9. The molecule has 2 heterocycles. The number of nitrogens with zero attached hydrogens (tertiary/aromatic N) is 1. The molecule has 35 heavy (non-hydrogen) atoms. The molecule has 0 saturated carbocycles. The Morgan fingerprint density at radius 3 is 2.60 bits per heavy atom. The Kier molecular flexibility index (Phi) is 10.4. The van der Waals surface area contributed by atoms with Crippen molar-refractivity contribution in [3.8, 4) is 0 Å². The molecule has 10 heteroatoms. The molecule has 9 nitrogen and oxygen atoms in total. The molecule has 0 radical (unpaired) electrons. The maximum atomic E-state index is 13.4. The summed E-state index contributed by atoms with van der Waals surface area (Å²) in [5.41, 5.74) is 6.36. The van der Waals surface area contributed by atoms with Gasteiger partial charge in [-0.05, 0) is 62.2 Å². The molecule has 0 spiro atoms. The number of hydrazine groups is 1. The zero-order valence-corrected chi connectivity index (χ0v) is 21.3. The van der Waals surface area contributed by atoms with E-state index in [1.165, 1.54) is 5.56 Å². The monoisotopic (exact) mass is 504 g/mol. The number of thiocarbonyl (C=S) groups is 1. The van der Waals surface area contributed by atoms with Crippen LogP contribution in [0.1, 0.15) is 57.9 Å². The van der Waals surface area contributed by atoms with Crippen molar-refractivity contribution in [1.29, 1.82) is 0 Å². The molecular weight excluding hydrogens is 468 g/mol. The number of ether oxygens (including phenoxy) is 1. The van der Waals surface area contributed by atoms with E-state index in [1.807, 2.05) is 44.2 Å². The van der Waals surface area contributed by atoms with Gasteiger partial charge in [0.1, 0.15) is 0 Å². The van der Waals surface area contributed by atoms with Crippen LogP contribution in [-0.2, 0) is 30.4 Å². The summed E-state index contributed by atoms with van der Waals surface area (Å²) in [6.45, 7) is 4.62. The van der Waals surface area contributed by atoms with Gasteiger partial charge in [-0.3, -0.25) is 19.8 Å². The lowest BCUT2D eigenvalue weighted by Crippen LogP contribution is -2.51. The summed E-state index contributed by atoms with van der Waals surface area (Å²) < 4.78 is 5.55. The minimum atomic E-state index is -0.669. The van der Waals surface area contributed by atoms with E-state index in [4.69, 9.17) is 21.8 Å². The van der Waals surface area contributed by atoms with Gasteiger partial charge in [0.2, 0.25) is 11.8 Å². The summed E-state index contributed by atoms with van der Waals surface area (Å²) >= 11 is 5.13. The summed E-state index contributed by atoms with van der Waals surface area (Å²) in [6.07, 6.45) is 4.61. The van der Waals surface area contributed by atoms with Crippen molar-refractivity contribution in [2.45, 2.75) is 65.1 Å². The second-order valence-electron chi connectivity index (χ2n) is 9.46. The van der Waals surface area contributed by atoms with Gasteiger partial charge in [-0.2, -0.15) is 5.01 Å². The third-order valence-electron chi connectivity index (χ3n) is 6.20. The van der Waals surface area contributed by atoms with E-state index in [2.05, 4.69) is 16.2 Å². The number of carbonyl (C=O) groups excluding carboxylic acids is 3. The van der Waals surface area contributed by atoms with Gasteiger partial charge in [0, 0.05) is 13.0 Å². The van der Waals surface area contributed by atoms with E-state index >= 15 is 0 Å². The molecule has 192 valence electrons. The highest BCUT2D eigenvalue weighted by Gasteiger charge is 2.37. The molecule has 2 saturated heterocycles. The standard InChI is InChI=1S/C25H36N4O5S/c1-17(2)15-20(23(31)27-29-21(30)16-26-25(29)35)19(12-8-11-18-9-4-3-5-10-18)24(32)28-34-22-13-6-7-14-33-22/h3-5,9-10,17,19-20,22H,6-8,11-16H2,1-2H3,(H,26,35)(H,27,31)(H,28,32)/t19-,20+,22?/m0/s1. The largest absolute Gasteiger partial charge is 0.352 e. The quantitative estimate of drug-likeness (QED) is 0.297. The van der Waals surface area contributed by atoms with Gasteiger partial charge >= 0.3 is 0 Å². The van der Waals surface area contributed by atoms with Crippen LogP contribution in [-0.4, -0.2) is 47.3 Å². The van der Waals surface area contributed by atoms with Crippen LogP contribution in [0.4, 0.5) is 0 Å². The van der Waals surface area contributed by atoms with E-state index in [0.29, 0.717) is 32.3 Å². The van der Waals surface area contributed by atoms with Gasteiger partial charge in [-0.15, -0.1) is 0 Å². The van der Waals surface area contributed by atoms with Crippen molar-refractivity contribution >= 4 is 35.1 Å². The van der Waals surface area contributed by atoms with Gasteiger partial charge < -0.3 is 10.1 Å². The van der Waals surface area contributed by atoms with Crippen LogP contribution < -0.4 is 16.2 Å². The first-order valence-electron chi connectivity index (χ1n) is 12.4. The zero-order valence-electron chi connectivity index (χ0n) is 20.5. The highest BCUT2D eigenvalue weighted by Crippen LogP contribution is 2.27. The van der Waals surface area contributed by atoms with E-state index in [1.54, 1.807) is 0 Å². The number of hydroxylamine groups is 1. The first-order valence-corrected chi connectivity index (χ1v) is 12.8. The Labute approximate surface area is 212 Å². The lowest BCUT2D eigenvalue weighted by molar-refractivity contribution is -0.203. The highest BCUT2D eigenvalue weighted by molar-refractivity contribution is 7.80. The Hall–Kier alpha value is -2.56. The van der Waals surface area contributed by atoms with Crippen molar-refractivity contribution in [3.05, 3.63) is 35.9 Å². The van der Waals surface area contributed by atoms with Crippen LogP contribution in [0.3, 0.4) is 0 Å². The molecule has 0 aliphatic carbocycles. The summed E-state index contributed by atoms with van der Waals surface area (Å²) in [5, 5.41) is 3.95. The maximum Gasteiger partial charge on any atom is 0.267 e. The average molecular weight is 505 g/mol. The van der Waals surface area contributed by atoms with Gasteiger partial charge in [-0.1, -0.05) is 44.2 Å². The maximum absolute atomic E-state index is 13.4. The first-order chi connectivity index (χ1) is 16.8. The molecule has 3 atom stereocenters. The number of hydrogen-bond acceptors (Lipinski definition) is 6. The number of rotatable bonds is 12. The summed E-state index contributed by atoms with van der Waals surface area (Å²) in [5.74, 6) is -2.28. The van der Waals surface area contributed by atoms with Crippen molar-refractivity contribution in [1.82, 2.24) is 21.2 Å². The fourth-order valence-electron chi connectivity index (χ4n) is 4.38. The highest BCUT2D eigenvalue weighted by atomic mass is 32.1. The minimum Gasteiger partial charge on any atom is -0.352 e. The molecule has 2 fully saturated rings. The van der Waals surface area contributed by atoms with Crippen LogP contribution in [0.5, 0.6) is 0 Å². The molecule has 0 aromatic heterocycles. The van der Waals surface area contributed by atoms with Crippen LogP contribution in [0.25, 0.3) is 0 Å². The Morgan fingerprint density at radius 2 is 1.97 bits per heavy atom. The van der Waals surface area contributed by atoms with E-state index in [-0.39, 0.29) is 29.4 Å². The SMILES string of the molecule is CC(C)C[C@@H](C(=O)NN1C(=O)CNC1=S)[C@H](CCCc1ccccc1)C(=O)NOC1CCCCO1. The molecule has 3 amide bonds. The Morgan fingerprint density at radius 1 is 1.20 bits per heavy atom. The second-order valence-corrected chi connectivity index (χ2v) is 9.85. The number of nitrogens with one attached hydrogen (secondary N) is 3. The van der Waals surface area contributed by atoms with Crippen molar-refractivity contribution in [2.75, 3.05) is 13.2 Å². The van der Waals surface area contributed by atoms with Crippen LogP contribution in [0.15, 0.2) is 30.3 Å². The van der Waals surface area contributed by atoms with Crippen molar-refractivity contribution in [3.63, 3.8) is 0 Å². The molecule has 1 aromatic rings. The molecule has 1 aromatic carbocycles. The number of carbonyl (C=O) groups is 3. The van der Waals surface area contributed by atoms with Gasteiger partial charge in [0.25, 0.3) is 5.91 Å². The Bertz CT molecular complexity index is 860. The van der Waals surface area contributed by atoms with Crippen LogP contribution in [0, 0.1) is 17.8 Å². The van der Waals surface area contributed by atoms with Gasteiger partial charge in [-0.25, -0.2) is 10.3 Å². The minimum absolute atomic E-state index is 0.0319. The third-order valence-corrected chi connectivity index (χ3v) is 6.53. The van der Waals surface area contributed by atoms with E-state index < -0.39 is 24.0 Å². The summed E-state index contributed by atoms with van der Waals surface area (Å²) in [6, 6.07) is 10.0. The average Bonchev–Trinajstić information content (AvgIpc) is 3.17. The molecule has 3 rings (SSSR count). The lowest BCUT2D eigenvalue weighted by Gasteiger charge is -2.29. The number of benzene rings is 1. The predicted octanol–water partition coefficient (Wildman–Crippen LogP) is 2.61. The molecule has 3 N–H and O–H groups in total. The second kappa shape index (κ2) is 13.5. The number of amides is 3.